The number of ether oxygens (including phenoxy) is 1. The summed E-state index contributed by atoms with van der Waals surface area (Å²) in [6.07, 6.45) is -3.71. The van der Waals surface area contributed by atoms with Crippen molar-refractivity contribution in [2.45, 2.75) is 89.3 Å². The van der Waals surface area contributed by atoms with Crippen molar-refractivity contribution in [3.05, 3.63) is 29.8 Å². The van der Waals surface area contributed by atoms with E-state index in [9.17, 15) is 37.6 Å². The molecular formula is C29H36F3N5O5. The van der Waals surface area contributed by atoms with Gasteiger partial charge in [-0.15, -0.1) is 0 Å². The zero-order valence-corrected chi connectivity index (χ0v) is 24.1. The molecule has 1 aromatic rings. The van der Waals surface area contributed by atoms with Crippen LogP contribution >= 0.6 is 0 Å². The monoisotopic (exact) mass is 591 g/mol. The van der Waals surface area contributed by atoms with Crippen molar-refractivity contribution in [2.75, 3.05) is 13.6 Å². The van der Waals surface area contributed by atoms with E-state index in [0.717, 1.165) is 23.3 Å². The molecule has 3 aliphatic rings. The van der Waals surface area contributed by atoms with Gasteiger partial charge in [-0.3, -0.25) is 19.2 Å². The average Bonchev–Trinajstić information content (AvgIpc) is 3.67. The number of hydrogen-bond acceptors (Lipinski definition) is 6. The van der Waals surface area contributed by atoms with E-state index >= 15 is 0 Å². The van der Waals surface area contributed by atoms with E-state index in [1.54, 1.807) is 24.3 Å². The Morgan fingerprint density at radius 2 is 1.90 bits per heavy atom. The lowest BCUT2D eigenvalue weighted by Gasteiger charge is -2.37. The number of benzene rings is 1. The molecule has 2 N–H and O–H groups in total. The number of hydrogen-bond donors (Lipinski definition) is 2. The highest BCUT2D eigenvalue weighted by molar-refractivity contribution is 5.94. The molecule has 2 aliphatic heterocycles. The second kappa shape index (κ2) is 11.5. The maximum atomic E-state index is 14.2. The van der Waals surface area contributed by atoms with Crippen LogP contribution in [-0.2, 0) is 25.7 Å². The Morgan fingerprint density at radius 1 is 1.24 bits per heavy atom. The van der Waals surface area contributed by atoms with E-state index in [1.165, 1.54) is 11.9 Å². The first kappa shape index (κ1) is 31.1. The molecule has 42 heavy (non-hydrogen) atoms. The first-order valence-electron chi connectivity index (χ1n) is 13.9. The van der Waals surface area contributed by atoms with Crippen LogP contribution in [0.1, 0.15) is 58.4 Å². The second-order valence-electron chi connectivity index (χ2n) is 12.6. The van der Waals surface area contributed by atoms with E-state index in [2.05, 4.69) is 11.4 Å². The Kier molecular flexibility index (Phi) is 8.49. The molecule has 0 aromatic heterocycles. The standard InChI is InChI=1S/C29H36F3N5O5/c1-27(2,3)13-21(36(4)23(38)20(11-17-9-10-17)35-26(41)29(30,31)32)24(39)37-16-28(12-19(37)14-33)25(40)34-15-18-7-5-6-8-22(18)42-28/h5-8,17,19-21H,9-13,15-16H2,1-4H3,(H,34,40)(H,35,41). The minimum absolute atomic E-state index is 0.00663. The number of likely N-dealkylation sites (tertiary alicyclic amines) is 1. The predicted molar refractivity (Wildman–Crippen MR) is 143 cm³/mol. The van der Waals surface area contributed by atoms with E-state index in [0.29, 0.717) is 5.75 Å². The number of alkyl halides is 3. The van der Waals surface area contributed by atoms with Crippen LogP contribution in [0.25, 0.3) is 0 Å². The molecule has 4 unspecified atom stereocenters. The molecule has 2 heterocycles. The van der Waals surface area contributed by atoms with Crippen molar-refractivity contribution in [1.29, 1.82) is 5.26 Å². The molecule has 1 aliphatic carbocycles. The number of amides is 4. The SMILES string of the molecule is CN(C(=O)C(CC1CC1)NC(=O)C(F)(F)F)C(CC(C)(C)C)C(=O)N1CC2(CC1C#N)Oc1ccccc1CNC2=O. The number of nitrogens with zero attached hydrogens (tertiary/aromatic N) is 3. The fourth-order valence-electron chi connectivity index (χ4n) is 5.51. The minimum Gasteiger partial charge on any atom is -0.475 e. The topological polar surface area (TPSA) is 132 Å². The third kappa shape index (κ3) is 6.79. The highest BCUT2D eigenvalue weighted by Crippen LogP contribution is 2.38. The van der Waals surface area contributed by atoms with E-state index in [-0.39, 0.29) is 38.3 Å². The second-order valence-corrected chi connectivity index (χ2v) is 12.6. The van der Waals surface area contributed by atoms with Crippen molar-refractivity contribution in [2.24, 2.45) is 11.3 Å². The Hall–Kier alpha value is -3.82. The van der Waals surface area contributed by atoms with E-state index in [4.69, 9.17) is 4.74 Å². The summed E-state index contributed by atoms with van der Waals surface area (Å²) in [6, 6.07) is 5.39. The molecule has 4 atom stereocenters. The number of halogens is 3. The van der Waals surface area contributed by atoms with Crippen LogP contribution < -0.4 is 15.4 Å². The molecule has 1 aromatic carbocycles. The summed E-state index contributed by atoms with van der Waals surface area (Å²) in [7, 11) is 1.31. The van der Waals surface area contributed by atoms with Gasteiger partial charge in [0.05, 0.1) is 12.6 Å². The van der Waals surface area contributed by atoms with Gasteiger partial charge in [0.1, 0.15) is 23.9 Å². The number of para-hydroxylation sites is 1. The minimum atomic E-state index is -5.18. The predicted octanol–water partition coefficient (Wildman–Crippen LogP) is 2.67. The summed E-state index contributed by atoms with van der Waals surface area (Å²) >= 11 is 0. The molecule has 228 valence electrons. The lowest BCUT2D eigenvalue weighted by molar-refractivity contribution is -0.175. The smallest absolute Gasteiger partial charge is 0.471 e. The normalized spacial score (nSPS) is 23.5. The number of likely N-dealkylation sites (N-methyl/N-ethyl adjacent to an activating group) is 1. The fourth-order valence-corrected chi connectivity index (χ4v) is 5.51. The summed E-state index contributed by atoms with van der Waals surface area (Å²) < 4.78 is 45.4. The number of fused-ring (bicyclic) bond motifs is 1. The van der Waals surface area contributed by atoms with Gasteiger partial charge in [-0.25, -0.2) is 0 Å². The highest BCUT2D eigenvalue weighted by atomic mass is 19.4. The van der Waals surface area contributed by atoms with Gasteiger partial charge in [-0.2, -0.15) is 18.4 Å². The van der Waals surface area contributed by atoms with Crippen molar-refractivity contribution in [1.82, 2.24) is 20.4 Å². The lowest BCUT2D eigenvalue weighted by Crippen LogP contribution is -2.58. The molecule has 10 nitrogen and oxygen atoms in total. The molecule has 1 saturated carbocycles. The van der Waals surface area contributed by atoms with Gasteiger partial charge in [-0.1, -0.05) is 51.8 Å². The quantitative estimate of drug-likeness (QED) is 0.501. The van der Waals surface area contributed by atoms with Crippen LogP contribution in [0.5, 0.6) is 5.75 Å². The van der Waals surface area contributed by atoms with Crippen molar-refractivity contribution >= 4 is 23.6 Å². The van der Waals surface area contributed by atoms with Crippen LogP contribution in [0.2, 0.25) is 0 Å². The number of carbonyl (C=O) groups excluding carboxylic acids is 4. The van der Waals surface area contributed by atoms with Gasteiger partial charge in [0.15, 0.2) is 0 Å². The van der Waals surface area contributed by atoms with Gasteiger partial charge >= 0.3 is 12.1 Å². The number of nitriles is 1. The number of nitrogens with one attached hydrogen (secondary N) is 2. The zero-order valence-electron chi connectivity index (χ0n) is 24.1. The maximum Gasteiger partial charge on any atom is 0.471 e. The van der Waals surface area contributed by atoms with Crippen LogP contribution in [0, 0.1) is 22.7 Å². The largest absolute Gasteiger partial charge is 0.475 e. The van der Waals surface area contributed by atoms with Crippen LogP contribution in [-0.4, -0.2) is 76.9 Å². The number of rotatable bonds is 7. The van der Waals surface area contributed by atoms with Gasteiger partial charge < -0.3 is 25.2 Å². The van der Waals surface area contributed by atoms with Crippen LogP contribution in [0.15, 0.2) is 24.3 Å². The highest BCUT2D eigenvalue weighted by Gasteiger charge is 2.56. The molecule has 4 amide bonds. The lowest BCUT2D eigenvalue weighted by atomic mass is 9.86. The zero-order chi connectivity index (χ0) is 31.0. The van der Waals surface area contributed by atoms with Crippen molar-refractivity contribution < 1.29 is 37.1 Å². The number of carbonyl (C=O) groups is 4. The average molecular weight is 592 g/mol. The van der Waals surface area contributed by atoms with Gasteiger partial charge in [0.25, 0.3) is 5.91 Å². The molecule has 1 spiro atoms. The Balaban J connectivity index is 1.62. The first-order chi connectivity index (χ1) is 19.5. The summed E-state index contributed by atoms with van der Waals surface area (Å²) in [5.41, 5.74) is -1.34. The van der Waals surface area contributed by atoms with Crippen molar-refractivity contribution in [3.8, 4) is 11.8 Å². The maximum absolute atomic E-state index is 14.2. The Labute approximate surface area is 242 Å². The van der Waals surface area contributed by atoms with Crippen LogP contribution in [0.4, 0.5) is 13.2 Å². The van der Waals surface area contributed by atoms with Gasteiger partial charge in [0.2, 0.25) is 17.4 Å². The van der Waals surface area contributed by atoms with E-state index in [1.807, 2.05) is 26.1 Å². The van der Waals surface area contributed by atoms with E-state index < -0.39 is 58.9 Å². The first-order valence-corrected chi connectivity index (χ1v) is 13.9. The van der Waals surface area contributed by atoms with Crippen LogP contribution in [0.3, 0.4) is 0 Å². The molecular weight excluding hydrogens is 555 g/mol. The summed E-state index contributed by atoms with van der Waals surface area (Å²) in [4.78, 5) is 55.1. The third-order valence-corrected chi connectivity index (χ3v) is 7.92. The summed E-state index contributed by atoms with van der Waals surface area (Å²) in [6.45, 7) is 5.46. The molecule has 13 heteroatoms. The van der Waals surface area contributed by atoms with Gasteiger partial charge in [-0.05, 0) is 30.2 Å². The molecule has 0 radical (unpaired) electrons. The molecule has 0 bridgehead atoms. The molecule has 2 fully saturated rings. The Morgan fingerprint density at radius 3 is 2.50 bits per heavy atom. The molecule has 1 saturated heterocycles. The Bertz CT molecular complexity index is 1290. The summed E-state index contributed by atoms with van der Waals surface area (Å²) in [5.74, 6) is -3.73. The van der Waals surface area contributed by atoms with Gasteiger partial charge in [0, 0.05) is 25.6 Å². The molecule has 4 rings (SSSR count). The summed E-state index contributed by atoms with van der Waals surface area (Å²) in [5, 5.41) is 14.6. The third-order valence-electron chi connectivity index (χ3n) is 7.92. The fraction of sp³-hybridized carbons (Fsp3) is 0.621. The van der Waals surface area contributed by atoms with Crippen molar-refractivity contribution in [3.63, 3.8) is 0 Å².